The lowest BCUT2D eigenvalue weighted by Gasteiger charge is -2.28. The Labute approximate surface area is 143 Å². The minimum absolute atomic E-state index is 0.227. The maximum atomic E-state index is 11.5. The Morgan fingerprint density at radius 3 is 2.50 bits per heavy atom. The van der Waals surface area contributed by atoms with E-state index in [0.29, 0.717) is 13.1 Å². The van der Waals surface area contributed by atoms with Gasteiger partial charge in [-0.15, -0.1) is 11.3 Å². The Kier molecular flexibility index (Phi) is 3.85. The van der Waals surface area contributed by atoms with Crippen LogP contribution >= 0.6 is 11.3 Å². The molecule has 2 aromatic heterocycles. The van der Waals surface area contributed by atoms with Gasteiger partial charge < -0.3 is 9.42 Å². The van der Waals surface area contributed by atoms with Crippen molar-refractivity contribution in [3.63, 3.8) is 0 Å². The van der Waals surface area contributed by atoms with Crippen molar-refractivity contribution in [2.24, 2.45) is 0 Å². The van der Waals surface area contributed by atoms with Crippen LogP contribution in [0.15, 0.2) is 47.3 Å². The first-order valence-corrected chi connectivity index (χ1v) is 10.2. The molecule has 3 aromatic rings. The maximum absolute atomic E-state index is 11.5. The first-order valence-electron chi connectivity index (χ1n) is 7.53. The van der Waals surface area contributed by atoms with E-state index in [1.807, 2.05) is 30.5 Å². The number of sulfone groups is 1. The summed E-state index contributed by atoms with van der Waals surface area (Å²) in [7, 11) is -2.86. The molecule has 1 aliphatic heterocycles. The third-order valence-electron chi connectivity index (χ3n) is 4.02. The first-order chi connectivity index (χ1) is 11.6. The number of benzene rings is 1. The van der Waals surface area contributed by atoms with Crippen molar-refractivity contribution >= 4 is 26.9 Å². The second kappa shape index (κ2) is 6.03. The molecule has 1 fully saturated rings. The van der Waals surface area contributed by atoms with Crippen LogP contribution in [-0.4, -0.2) is 43.2 Å². The van der Waals surface area contributed by atoms with Gasteiger partial charge in [0.05, 0.1) is 16.4 Å². The largest absolute Gasteiger partial charge is 0.369 e. The standard InChI is InChI=1S/C16H15N3O3S2/c20-24(21)9-6-19(7-10-24)13-3-1-12(2-4-13)15-11-17-16(23-15)14-5-8-22-18-14/h1-5,8,11H,6-7,9-10H2. The van der Waals surface area contributed by atoms with Crippen LogP contribution in [0.5, 0.6) is 0 Å². The third-order valence-corrected chi connectivity index (χ3v) is 6.70. The van der Waals surface area contributed by atoms with Crippen molar-refractivity contribution < 1.29 is 12.9 Å². The molecule has 1 aromatic carbocycles. The van der Waals surface area contributed by atoms with Crippen LogP contribution in [0, 0.1) is 0 Å². The van der Waals surface area contributed by atoms with Crippen molar-refractivity contribution in [3.8, 4) is 21.1 Å². The van der Waals surface area contributed by atoms with Crippen molar-refractivity contribution in [2.75, 3.05) is 29.5 Å². The van der Waals surface area contributed by atoms with Crippen LogP contribution in [0.25, 0.3) is 21.1 Å². The lowest BCUT2D eigenvalue weighted by molar-refractivity contribution is 0.422. The van der Waals surface area contributed by atoms with Gasteiger partial charge in [-0.1, -0.05) is 17.3 Å². The molecule has 1 saturated heterocycles. The summed E-state index contributed by atoms with van der Waals surface area (Å²) in [4.78, 5) is 7.55. The van der Waals surface area contributed by atoms with Crippen LogP contribution in [0.2, 0.25) is 0 Å². The fourth-order valence-corrected chi connectivity index (χ4v) is 4.74. The van der Waals surface area contributed by atoms with E-state index in [4.69, 9.17) is 4.52 Å². The molecule has 0 amide bonds. The SMILES string of the molecule is O=S1(=O)CCN(c2ccc(-c3cnc(-c4ccon4)s3)cc2)CC1. The molecule has 0 bridgehead atoms. The van der Waals surface area contributed by atoms with Gasteiger partial charge in [0.15, 0.2) is 9.84 Å². The topological polar surface area (TPSA) is 76.3 Å². The summed E-state index contributed by atoms with van der Waals surface area (Å²) in [6.45, 7) is 1.11. The molecule has 6 nitrogen and oxygen atoms in total. The third kappa shape index (κ3) is 3.07. The predicted octanol–water partition coefficient (Wildman–Crippen LogP) is 2.70. The van der Waals surface area contributed by atoms with Crippen molar-refractivity contribution in [3.05, 3.63) is 42.8 Å². The lowest BCUT2D eigenvalue weighted by atomic mass is 10.2. The van der Waals surface area contributed by atoms with Gasteiger partial charge in [-0.3, -0.25) is 0 Å². The van der Waals surface area contributed by atoms with E-state index in [-0.39, 0.29) is 11.5 Å². The maximum Gasteiger partial charge on any atom is 0.153 e. The summed E-state index contributed by atoms with van der Waals surface area (Å²) in [6, 6.07) is 9.93. The Balaban J connectivity index is 1.52. The smallest absolute Gasteiger partial charge is 0.153 e. The quantitative estimate of drug-likeness (QED) is 0.714. The zero-order valence-corrected chi connectivity index (χ0v) is 14.4. The van der Waals surface area contributed by atoms with Crippen molar-refractivity contribution in [2.45, 2.75) is 0 Å². The molecule has 8 heteroatoms. The van der Waals surface area contributed by atoms with Gasteiger partial charge in [0.2, 0.25) is 0 Å². The number of nitrogens with zero attached hydrogens (tertiary/aromatic N) is 3. The molecule has 0 atom stereocenters. The molecule has 0 radical (unpaired) electrons. The number of hydrogen-bond acceptors (Lipinski definition) is 7. The highest BCUT2D eigenvalue weighted by Gasteiger charge is 2.21. The van der Waals surface area contributed by atoms with Gasteiger partial charge in [-0.25, -0.2) is 13.4 Å². The highest BCUT2D eigenvalue weighted by molar-refractivity contribution is 7.91. The molecule has 0 spiro atoms. The molecule has 0 saturated carbocycles. The van der Waals surface area contributed by atoms with Gasteiger partial charge in [0.1, 0.15) is 17.0 Å². The monoisotopic (exact) mass is 361 g/mol. The van der Waals surface area contributed by atoms with Gasteiger partial charge in [-0.2, -0.15) is 0 Å². The average Bonchev–Trinajstić information content (AvgIpc) is 3.26. The Hall–Kier alpha value is -2.19. The number of anilines is 1. The highest BCUT2D eigenvalue weighted by Crippen LogP contribution is 2.32. The van der Waals surface area contributed by atoms with Crippen LogP contribution in [0.1, 0.15) is 0 Å². The lowest BCUT2D eigenvalue weighted by Crippen LogP contribution is -2.40. The van der Waals surface area contributed by atoms with E-state index >= 15 is 0 Å². The fourth-order valence-electron chi connectivity index (χ4n) is 2.66. The number of thiazole rings is 1. The van der Waals surface area contributed by atoms with E-state index in [0.717, 1.165) is 26.8 Å². The molecular weight excluding hydrogens is 346 g/mol. The molecule has 3 heterocycles. The predicted molar refractivity (Wildman–Crippen MR) is 93.9 cm³/mol. The second-order valence-corrected chi connectivity index (χ2v) is 8.93. The number of aromatic nitrogens is 2. The van der Waals surface area contributed by atoms with Crippen LogP contribution in [0.4, 0.5) is 5.69 Å². The van der Waals surface area contributed by atoms with Crippen LogP contribution in [0.3, 0.4) is 0 Å². The molecule has 0 aliphatic carbocycles. The Morgan fingerprint density at radius 2 is 1.83 bits per heavy atom. The number of hydrogen-bond donors (Lipinski definition) is 0. The molecule has 24 heavy (non-hydrogen) atoms. The minimum atomic E-state index is -2.86. The van der Waals surface area contributed by atoms with Crippen LogP contribution < -0.4 is 4.90 Å². The van der Waals surface area contributed by atoms with E-state index in [2.05, 4.69) is 15.0 Å². The minimum Gasteiger partial charge on any atom is -0.369 e. The average molecular weight is 361 g/mol. The van der Waals surface area contributed by atoms with Crippen molar-refractivity contribution in [1.82, 2.24) is 10.1 Å². The molecule has 124 valence electrons. The van der Waals surface area contributed by atoms with E-state index in [1.165, 1.54) is 6.26 Å². The van der Waals surface area contributed by atoms with E-state index in [1.54, 1.807) is 17.4 Å². The van der Waals surface area contributed by atoms with E-state index in [9.17, 15) is 8.42 Å². The molecule has 0 unspecified atom stereocenters. The van der Waals surface area contributed by atoms with Gasteiger partial charge >= 0.3 is 0 Å². The van der Waals surface area contributed by atoms with Crippen molar-refractivity contribution in [1.29, 1.82) is 0 Å². The van der Waals surface area contributed by atoms with Crippen LogP contribution in [-0.2, 0) is 9.84 Å². The van der Waals surface area contributed by atoms with Gasteiger partial charge in [0.25, 0.3) is 0 Å². The summed E-state index contributed by atoms with van der Waals surface area (Å²) in [5, 5.41) is 4.72. The number of rotatable bonds is 3. The summed E-state index contributed by atoms with van der Waals surface area (Å²) in [6.07, 6.45) is 3.36. The second-order valence-electron chi connectivity index (χ2n) is 5.60. The molecule has 0 N–H and O–H groups in total. The summed E-state index contributed by atoms with van der Waals surface area (Å²) in [5.74, 6) is 0.454. The van der Waals surface area contributed by atoms with Gasteiger partial charge in [0, 0.05) is 31.0 Å². The van der Waals surface area contributed by atoms with Gasteiger partial charge in [-0.05, 0) is 17.7 Å². The zero-order chi connectivity index (χ0) is 16.6. The normalized spacial score (nSPS) is 17.1. The first kappa shape index (κ1) is 15.3. The highest BCUT2D eigenvalue weighted by atomic mass is 32.2. The zero-order valence-electron chi connectivity index (χ0n) is 12.8. The summed E-state index contributed by atoms with van der Waals surface area (Å²) < 4.78 is 27.9. The molecular formula is C16H15N3O3S2. The summed E-state index contributed by atoms with van der Waals surface area (Å²) in [5.41, 5.74) is 2.86. The fraction of sp³-hybridized carbons (Fsp3) is 0.250. The summed E-state index contributed by atoms with van der Waals surface area (Å²) >= 11 is 1.56. The Morgan fingerprint density at radius 1 is 1.08 bits per heavy atom. The molecule has 4 rings (SSSR count). The Bertz CT molecular complexity index is 917. The van der Waals surface area contributed by atoms with E-state index < -0.39 is 9.84 Å². The molecule has 1 aliphatic rings.